The minimum atomic E-state index is -0.530. The maximum absolute atomic E-state index is 12.1. The highest BCUT2D eigenvalue weighted by Gasteiger charge is 2.34. The predicted molar refractivity (Wildman–Crippen MR) is 96.8 cm³/mol. The third-order valence-electron chi connectivity index (χ3n) is 3.97. The average Bonchev–Trinajstić information content (AvgIpc) is 3.03. The highest BCUT2D eigenvalue weighted by Crippen LogP contribution is 2.26. The molecule has 1 aliphatic heterocycles. The van der Waals surface area contributed by atoms with Crippen molar-refractivity contribution in [2.24, 2.45) is 4.99 Å². The third kappa shape index (κ3) is 3.99. The first kappa shape index (κ1) is 17.0. The van der Waals surface area contributed by atoms with Crippen LogP contribution < -0.4 is 10.1 Å². The van der Waals surface area contributed by atoms with Crippen molar-refractivity contribution in [1.29, 1.82) is 0 Å². The molecule has 2 atom stereocenters. The topological polar surface area (TPSA) is 59.9 Å². The van der Waals surface area contributed by atoms with Gasteiger partial charge in [-0.1, -0.05) is 42.5 Å². The maximum Gasteiger partial charge on any atom is 0.248 e. The molecule has 1 amide bonds. The minimum Gasteiger partial charge on any atom is -0.488 e. The first-order valence-corrected chi connectivity index (χ1v) is 8.47. The lowest BCUT2D eigenvalue weighted by Crippen LogP contribution is -2.38. The second-order valence-corrected chi connectivity index (χ2v) is 5.87. The van der Waals surface area contributed by atoms with Crippen LogP contribution in [0.25, 0.3) is 0 Å². The van der Waals surface area contributed by atoms with E-state index in [4.69, 9.17) is 9.47 Å². The van der Waals surface area contributed by atoms with Gasteiger partial charge in [0.25, 0.3) is 0 Å². The Morgan fingerprint density at radius 3 is 2.64 bits per heavy atom. The van der Waals surface area contributed by atoms with Gasteiger partial charge in [0, 0.05) is 6.54 Å². The highest BCUT2D eigenvalue weighted by molar-refractivity contribution is 6.00. The van der Waals surface area contributed by atoms with Crippen molar-refractivity contribution >= 4 is 11.8 Å². The molecule has 2 aromatic carbocycles. The summed E-state index contributed by atoms with van der Waals surface area (Å²) in [6, 6.07) is 17.0. The number of benzene rings is 2. The Kier molecular flexibility index (Phi) is 5.33. The molecule has 0 bridgehead atoms. The molecule has 0 aromatic heterocycles. The average molecular weight is 338 g/mol. The van der Waals surface area contributed by atoms with Crippen LogP contribution in [0.15, 0.2) is 59.6 Å². The van der Waals surface area contributed by atoms with Crippen LogP contribution in [0, 0.1) is 0 Å². The van der Waals surface area contributed by atoms with Gasteiger partial charge < -0.3 is 14.8 Å². The number of carbonyl (C=O) groups is 1. The van der Waals surface area contributed by atoms with Crippen LogP contribution in [0.3, 0.4) is 0 Å². The molecule has 5 nitrogen and oxygen atoms in total. The maximum atomic E-state index is 12.1. The number of amides is 1. The summed E-state index contributed by atoms with van der Waals surface area (Å²) in [4.78, 5) is 16.6. The SMILES string of the molecule is CCNC(=O)[C@@H]1N=C(c2ccccc2OCc2ccccc2)O[C@@H]1C. The summed E-state index contributed by atoms with van der Waals surface area (Å²) in [5.74, 6) is 1.02. The van der Waals surface area contributed by atoms with Crippen LogP contribution in [0.5, 0.6) is 5.75 Å². The molecule has 5 heteroatoms. The molecule has 25 heavy (non-hydrogen) atoms. The Morgan fingerprint density at radius 2 is 1.88 bits per heavy atom. The summed E-state index contributed by atoms with van der Waals surface area (Å²) in [7, 11) is 0. The fraction of sp³-hybridized carbons (Fsp3) is 0.300. The van der Waals surface area contributed by atoms with E-state index in [-0.39, 0.29) is 12.0 Å². The van der Waals surface area contributed by atoms with E-state index in [1.54, 1.807) is 0 Å². The zero-order valence-corrected chi connectivity index (χ0v) is 14.4. The second-order valence-electron chi connectivity index (χ2n) is 5.87. The van der Waals surface area contributed by atoms with E-state index in [2.05, 4.69) is 10.3 Å². The number of ether oxygens (including phenoxy) is 2. The first-order chi connectivity index (χ1) is 12.2. The van der Waals surface area contributed by atoms with E-state index in [0.717, 1.165) is 11.1 Å². The van der Waals surface area contributed by atoms with Crippen molar-refractivity contribution in [3.63, 3.8) is 0 Å². The molecule has 0 saturated carbocycles. The number of nitrogens with zero attached hydrogens (tertiary/aromatic N) is 1. The van der Waals surface area contributed by atoms with E-state index in [1.165, 1.54) is 0 Å². The summed E-state index contributed by atoms with van der Waals surface area (Å²) in [6.07, 6.45) is -0.302. The van der Waals surface area contributed by atoms with Gasteiger partial charge in [0.2, 0.25) is 11.8 Å². The number of rotatable bonds is 6. The molecule has 2 aromatic rings. The quantitative estimate of drug-likeness (QED) is 0.881. The van der Waals surface area contributed by atoms with Crippen molar-refractivity contribution in [3.05, 3.63) is 65.7 Å². The molecule has 0 aliphatic carbocycles. The summed E-state index contributed by atoms with van der Waals surface area (Å²) in [6.45, 7) is 4.77. The number of carbonyl (C=O) groups excluding carboxylic acids is 1. The van der Waals surface area contributed by atoms with Crippen LogP contribution in [-0.2, 0) is 16.1 Å². The smallest absolute Gasteiger partial charge is 0.248 e. The molecule has 1 N–H and O–H groups in total. The van der Waals surface area contributed by atoms with Crippen LogP contribution in [-0.4, -0.2) is 30.5 Å². The van der Waals surface area contributed by atoms with Crippen molar-refractivity contribution in [2.75, 3.05) is 6.54 Å². The molecule has 0 radical (unpaired) electrons. The Hall–Kier alpha value is -2.82. The van der Waals surface area contributed by atoms with Gasteiger partial charge in [0.15, 0.2) is 6.04 Å². The van der Waals surface area contributed by atoms with Gasteiger partial charge in [-0.2, -0.15) is 0 Å². The third-order valence-corrected chi connectivity index (χ3v) is 3.97. The molecule has 3 rings (SSSR count). The summed E-state index contributed by atoms with van der Waals surface area (Å²) >= 11 is 0. The molecule has 1 aliphatic rings. The molecule has 0 fully saturated rings. The van der Waals surface area contributed by atoms with Gasteiger partial charge in [0.1, 0.15) is 18.5 Å². The van der Waals surface area contributed by atoms with E-state index in [9.17, 15) is 4.79 Å². The van der Waals surface area contributed by atoms with Gasteiger partial charge in [-0.25, -0.2) is 4.99 Å². The predicted octanol–water partition coefficient (Wildman–Crippen LogP) is 2.94. The van der Waals surface area contributed by atoms with Crippen LogP contribution in [0.1, 0.15) is 25.0 Å². The van der Waals surface area contributed by atoms with Gasteiger partial charge >= 0.3 is 0 Å². The normalized spacial score (nSPS) is 19.0. The van der Waals surface area contributed by atoms with Gasteiger partial charge in [-0.05, 0) is 31.5 Å². The standard InChI is InChI=1S/C20H22N2O3/c1-3-21-19(23)18-14(2)25-20(22-18)16-11-7-8-12-17(16)24-13-15-9-5-4-6-10-15/h4-12,14,18H,3,13H2,1-2H3,(H,21,23)/t14-,18-/m1/s1. The Balaban J connectivity index is 1.78. The van der Waals surface area contributed by atoms with Crippen LogP contribution in [0.2, 0.25) is 0 Å². The summed E-state index contributed by atoms with van der Waals surface area (Å²) < 4.78 is 11.8. The fourth-order valence-electron chi connectivity index (χ4n) is 2.69. The Morgan fingerprint density at radius 1 is 1.16 bits per heavy atom. The molecular weight excluding hydrogens is 316 g/mol. The molecular formula is C20H22N2O3. The minimum absolute atomic E-state index is 0.118. The number of nitrogens with one attached hydrogen (secondary N) is 1. The number of likely N-dealkylation sites (N-methyl/N-ethyl adjacent to an activating group) is 1. The number of aliphatic imine (C=N–C) groups is 1. The number of hydrogen-bond acceptors (Lipinski definition) is 4. The van der Waals surface area contributed by atoms with Crippen molar-refractivity contribution in [3.8, 4) is 5.75 Å². The van der Waals surface area contributed by atoms with Crippen LogP contribution in [0.4, 0.5) is 0 Å². The van der Waals surface area contributed by atoms with Crippen LogP contribution >= 0.6 is 0 Å². The van der Waals surface area contributed by atoms with E-state index in [0.29, 0.717) is 24.8 Å². The Labute approximate surface area is 147 Å². The zero-order chi connectivity index (χ0) is 17.6. The van der Waals surface area contributed by atoms with E-state index < -0.39 is 6.04 Å². The molecule has 0 spiro atoms. The molecule has 1 heterocycles. The summed E-state index contributed by atoms with van der Waals surface area (Å²) in [5, 5.41) is 2.79. The van der Waals surface area contributed by atoms with Crippen molar-refractivity contribution in [2.45, 2.75) is 32.6 Å². The molecule has 130 valence electrons. The first-order valence-electron chi connectivity index (χ1n) is 8.47. The van der Waals surface area contributed by atoms with Crippen molar-refractivity contribution < 1.29 is 14.3 Å². The second kappa shape index (κ2) is 7.83. The highest BCUT2D eigenvalue weighted by atomic mass is 16.5. The van der Waals surface area contributed by atoms with Gasteiger partial charge in [-0.15, -0.1) is 0 Å². The molecule has 0 unspecified atom stereocenters. The number of para-hydroxylation sites is 1. The fourth-order valence-corrected chi connectivity index (χ4v) is 2.69. The van der Waals surface area contributed by atoms with Gasteiger partial charge in [0.05, 0.1) is 5.56 Å². The number of hydrogen-bond donors (Lipinski definition) is 1. The van der Waals surface area contributed by atoms with E-state index in [1.807, 2.05) is 68.4 Å². The lowest BCUT2D eigenvalue weighted by Gasteiger charge is -2.13. The molecule has 0 saturated heterocycles. The van der Waals surface area contributed by atoms with Crippen molar-refractivity contribution in [1.82, 2.24) is 5.32 Å². The largest absolute Gasteiger partial charge is 0.488 e. The van der Waals surface area contributed by atoms with Gasteiger partial charge in [-0.3, -0.25) is 4.79 Å². The zero-order valence-electron chi connectivity index (χ0n) is 14.4. The van der Waals surface area contributed by atoms with E-state index >= 15 is 0 Å². The lowest BCUT2D eigenvalue weighted by molar-refractivity contribution is -0.123. The monoisotopic (exact) mass is 338 g/mol. The summed E-state index contributed by atoms with van der Waals surface area (Å²) in [5.41, 5.74) is 1.84. The Bertz CT molecular complexity index is 759. The lowest BCUT2D eigenvalue weighted by atomic mass is 10.2.